The van der Waals surface area contributed by atoms with E-state index in [1.807, 2.05) is 0 Å². The van der Waals surface area contributed by atoms with Crippen molar-refractivity contribution < 1.29 is 9.18 Å². The van der Waals surface area contributed by atoms with Crippen LogP contribution in [0.25, 0.3) is 0 Å². The van der Waals surface area contributed by atoms with Crippen LogP contribution in [0.15, 0.2) is 5.10 Å². The van der Waals surface area contributed by atoms with Crippen molar-refractivity contribution in [2.24, 2.45) is 5.10 Å². The molecule has 4 heteroatoms. The molecule has 0 N–H and O–H groups in total. The van der Waals surface area contributed by atoms with Crippen LogP contribution >= 0.6 is 0 Å². The Morgan fingerprint density at radius 1 is 1.89 bits per heavy atom. The van der Waals surface area contributed by atoms with Gasteiger partial charge in [0.05, 0.1) is 12.1 Å². The summed E-state index contributed by atoms with van der Waals surface area (Å²) < 4.78 is 11.7. The molecule has 0 radical (unpaired) electrons. The smallest absolute Gasteiger partial charge is 0.248 e. The molecular weight excluding hydrogens is 123 g/mol. The lowest BCUT2D eigenvalue weighted by atomic mass is 10.3. The van der Waals surface area contributed by atoms with Gasteiger partial charge in [-0.3, -0.25) is 4.79 Å². The summed E-state index contributed by atoms with van der Waals surface area (Å²) in [7, 11) is 1.52. The molecule has 0 saturated carbocycles. The predicted molar refractivity (Wildman–Crippen MR) is 30.8 cm³/mol. The van der Waals surface area contributed by atoms with E-state index in [1.165, 1.54) is 7.05 Å². The highest BCUT2D eigenvalue weighted by atomic mass is 19.1. The highest BCUT2D eigenvalue weighted by molar-refractivity contribution is 6.05. The van der Waals surface area contributed by atoms with Crippen molar-refractivity contribution in [3.8, 4) is 0 Å². The lowest BCUT2D eigenvalue weighted by Crippen LogP contribution is -2.14. The third-order valence-corrected chi connectivity index (χ3v) is 1.16. The average Bonchev–Trinajstić information content (AvgIpc) is 2.13. The molecule has 0 bridgehead atoms. The second-order valence-electron chi connectivity index (χ2n) is 1.89. The van der Waals surface area contributed by atoms with Crippen molar-refractivity contribution in [3.05, 3.63) is 0 Å². The van der Waals surface area contributed by atoms with Gasteiger partial charge in [0, 0.05) is 7.05 Å². The summed E-state index contributed by atoms with van der Waals surface area (Å²) in [4.78, 5) is 10.6. The molecule has 0 aliphatic carbocycles. The minimum atomic E-state index is -0.615. The minimum Gasteiger partial charge on any atom is -0.273 e. The lowest BCUT2D eigenvalue weighted by Gasteiger charge is -1.98. The van der Waals surface area contributed by atoms with E-state index in [0.717, 1.165) is 5.01 Å². The number of carbonyl (C=O) groups excluding carboxylic acids is 1. The number of nitrogens with zero attached hydrogens (tertiary/aromatic N) is 2. The molecule has 0 aromatic carbocycles. The summed E-state index contributed by atoms with van der Waals surface area (Å²) in [5.41, 5.74) is 0.322. The van der Waals surface area contributed by atoms with Crippen LogP contribution in [-0.4, -0.2) is 30.4 Å². The minimum absolute atomic E-state index is 0.136. The van der Waals surface area contributed by atoms with Crippen molar-refractivity contribution in [1.29, 1.82) is 0 Å². The molecule has 0 saturated heterocycles. The first-order chi connectivity index (χ1) is 4.24. The molecule has 0 spiro atoms. The largest absolute Gasteiger partial charge is 0.273 e. The topological polar surface area (TPSA) is 32.7 Å². The number of hydrogen-bond donors (Lipinski definition) is 0. The Hall–Kier alpha value is -0.930. The molecule has 0 aromatic heterocycles. The molecule has 0 atom stereocenters. The molecule has 1 rings (SSSR count). The van der Waals surface area contributed by atoms with Crippen LogP contribution in [0.5, 0.6) is 0 Å². The van der Waals surface area contributed by atoms with Crippen molar-refractivity contribution in [1.82, 2.24) is 5.01 Å². The fraction of sp³-hybridized carbons (Fsp3) is 0.600. The van der Waals surface area contributed by atoms with E-state index in [2.05, 4.69) is 5.10 Å². The Balaban J connectivity index is 2.62. The van der Waals surface area contributed by atoms with Crippen molar-refractivity contribution >= 4 is 11.6 Å². The van der Waals surface area contributed by atoms with E-state index >= 15 is 0 Å². The average molecular weight is 130 g/mol. The number of amides is 1. The zero-order valence-electron chi connectivity index (χ0n) is 5.09. The van der Waals surface area contributed by atoms with E-state index in [0.29, 0.717) is 5.71 Å². The maximum absolute atomic E-state index is 11.7. The molecule has 0 unspecified atom stereocenters. The van der Waals surface area contributed by atoms with Gasteiger partial charge >= 0.3 is 0 Å². The van der Waals surface area contributed by atoms with Gasteiger partial charge < -0.3 is 0 Å². The van der Waals surface area contributed by atoms with Crippen LogP contribution in [0, 0.1) is 0 Å². The van der Waals surface area contributed by atoms with Gasteiger partial charge in [-0.2, -0.15) is 5.10 Å². The van der Waals surface area contributed by atoms with Gasteiger partial charge in [0.2, 0.25) is 5.91 Å². The quantitative estimate of drug-likeness (QED) is 0.498. The Bertz CT molecular complexity index is 166. The zero-order chi connectivity index (χ0) is 6.85. The molecule has 1 aliphatic rings. The molecular formula is C5H7FN2O. The van der Waals surface area contributed by atoms with Crippen LogP contribution in [0.4, 0.5) is 4.39 Å². The Labute approximate surface area is 52.1 Å². The molecule has 0 fully saturated rings. The second kappa shape index (κ2) is 2.13. The first-order valence-corrected chi connectivity index (χ1v) is 2.63. The van der Waals surface area contributed by atoms with E-state index < -0.39 is 6.67 Å². The van der Waals surface area contributed by atoms with Gasteiger partial charge in [-0.1, -0.05) is 0 Å². The SMILES string of the molecule is CN1N=C(CF)CC1=O. The first-order valence-electron chi connectivity index (χ1n) is 2.63. The molecule has 1 amide bonds. The summed E-state index contributed by atoms with van der Waals surface area (Å²) in [5, 5.41) is 4.78. The second-order valence-corrected chi connectivity index (χ2v) is 1.89. The van der Waals surface area contributed by atoms with Crippen LogP contribution in [0.1, 0.15) is 6.42 Å². The van der Waals surface area contributed by atoms with Crippen molar-refractivity contribution in [3.63, 3.8) is 0 Å². The van der Waals surface area contributed by atoms with Crippen LogP contribution < -0.4 is 0 Å². The fourth-order valence-corrected chi connectivity index (χ4v) is 0.666. The standard InChI is InChI=1S/C5H7FN2O/c1-8-5(9)2-4(3-6)7-8/h2-3H2,1H3. The third kappa shape index (κ3) is 1.06. The van der Waals surface area contributed by atoms with Crippen LogP contribution in [0.3, 0.4) is 0 Å². The zero-order valence-corrected chi connectivity index (χ0v) is 5.09. The number of hydrazone groups is 1. The van der Waals surface area contributed by atoms with Gasteiger partial charge in [-0.15, -0.1) is 0 Å². The number of carbonyl (C=O) groups is 1. The highest BCUT2D eigenvalue weighted by Gasteiger charge is 2.19. The molecule has 9 heavy (non-hydrogen) atoms. The lowest BCUT2D eigenvalue weighted by molar-refractivity contribution is -0.127. The highest BCUT2D eigenvalue weighted by Crippen LogP contribution is 2.04. The first kappa shape index (κ1) is 6.19. The van der Waals surface area contributed by atoms with Crippen LogP contribution in [0.2, 0.25) is 0 Å². The van der Waals surface area contributed by atoms with Gasteiger partial charge in [0.1, 0.15) is 6.67 Å². The maximum atomic E-state index is 11.7. The Kier molecular flexibility index (Phi) is 1.46. The molecule has 1 aliphatic heterocycles. The van der Waals surface area contributed by atoms with E-state index in [9.17, 15) is 9.18 Å². The van der Waals surface area contributed by atoms with Gasteiger partial charge in [0.25, 0.3) is 0 Å². The van der Waals surface area contributed by atoms with Crippen molar-refractivity contribution in [2.45, 2.75) is 6.42 Å². The Morgan fingerprint density at radius 2 is 2.56 bits per heavy atom. The molecule has 1 heterocycles. The number of alkyl halides is 1. The number of hydrogen-bond acceptors (Lipinski definition) is 2. The summed E-state index contributed by atoms with van der Waals surface area (Å²) in [5.74, 6) is -0.136. The molecule has 3 nitrogen and oxygen atoms in total. The van der Waals surface area contributed by atoms with E-state index in [1.54, 1.807) is 0 Å². The van der Waals surface area contributed by atoms with Gasteiger partial charge in [-0.25, -0.2) is 9.40 Å². The monoisotopic (exact) mass is 130 g/mol. The summed E-state index contributed by atoms with van der Waals surface area (Å²) in [6.07, 6.45) is 0.146. The maximum Gasteiger partial charge on any atom is 0.248 e. The van der Waals surface area contributed by atoms with Crippen LogP contribution in [-0.2, 0) is 4.79 Å². The number of rotatable bonds is 1. The molecule has 0 aromatic rings. The number of halogens is 1. The van der Waals surface area contributed by atoms with Gasteiger partial charge in [0.15, 0.2) is 0 Å². The van der Waals surface area contributed by atoms with E-state index in [-0.39, 0.29) is 12.3 Å². The van der Waals surface area contributed by atoms with E-state index in [4.69, 9.17) is 0 Å². The normalized spacial score (nSPS) is 18.7. The molecule has 50 valence electrons. The van der Waals surface area contributed by atoms with Crippen molar-refractivity contribution in [2.75, 3.05) is 13.7 Å². The summed E-state index contributed by atoms with van der Waals surface area (Å²) in [6, 6.07) is 0. The Morgan fingerprint density at radius 3 is 2.78 bits per heavy atom. The summed E-state index contributed by atoms with van der Waals surface area (Å²) >= 11 is 0. The van der Waals surface area contributed by atoms with Gasteiger partial charge in [-0.05, 0) is 0 Å². The summed E-state index contributed by atoms with van der Waals surface area (Å²) in [6.45, 7) is -0.615. The fourth-order valence-electron chi connectivity index (χ4n) is 0.666. The third-order valence-electron chi connectivity index (χ3n) is 1.16. The predicted octanol–water partition coefficient (Wildman–Crippen LogP) is 0.174.